The molecule has 0 bridgehead atoms. The molecule has 1 nitrogen and oxygen atoms in total. The van der Waals surface area contributed by atoms with Crippen LogP contribution in [-0.2, 0) is 0 Å². The van der Waals surface area contributed by atoms with Crippen LogP contribution >= 0.6 is 0 Å². The molecule has 0 radical (unpaired) electrons. The molecule has 1 aliphatic carbocycles. The van der Waals surface area contributed by atoms with Gasteiger partial charge in [0.2, 0.25) is 6.54 Å². The van der Waals surface area contributed by atoms with Crippen LogP contribution in [0.4, 0.5) is 0 Å². The summed E-state index contributed by atoms with van der Waals surface area (Å²) in [6.07, 6.45) is 8.11. The van der Waals surface area contributed by atoms with Gasteiger partial charge >= 0.3 is 0 Å². The molecule has 1 heteroatoms. The first-order chi connectivity index (χ1) is 5.86. The van der Waals surface area contributed by atoms with E-state index in [1.54, 1.807) is 0 Å². The molecule has 0 aromatic heterocycles. The van der Waals surface area contributed by atoms with Crippen LogP contribution < -0.4 is 0 Å². The minimum Gasteiger partial charge on any atom is -0.317 e. The summed E-state index contributed by atoms with van der Waals surface area (Å²) >= 11 is 0. The Balaban J connectivity index is 2.14. The molecular weight excluding hydrogens is 146 g/mol. The van der Waals surface area contributed by atoms with Crippen LogP contribution in [0.5, 0.6) is 0 Å². The molecule has 1 fully saturated rings. The first-order valence-electron chi connectivity index (χ1n) is 5.20. The van der Waals surface area contributed by atoms with Crippen molar-refractivity contribution >= 4 is 0 Å². The molecule has 0 aromatic rings. The van der Waals surface area contributed by atoms with E-state index in [4.69, 9.17) is 6.57 Å². The predicted molar refractivity (Wildman–Crippen MR) is 51.8 cm³/mol. The monoisotopic (exact) mass is 165 g/mol. The standard InChI is InChI=1S/C11H19N/c1-3-10-4-6-11(7-5-10)8-9-12-2/h10-11H,3-9H2,1H3. The molecule has 1 rings (SSSR count). The summed E-state index contributed by atoms with van der Waals surface area (Å²) < 4.78 is 0. The molecule has 1 saturated carbocycles. The normalized spacial score (nSPS) is 29.7. The summed E-state index contributed by atoms with van der Waals surface area (Å²) in [6, 6.07) is 0. The Kier molecular flexibility index (Phi) is 4.14. The van der Waals surface area contributed by atoms with Crippen molar-refractivity contribution < 1.29 is 0 Å². The van der Waals surface area contributed by atoms with Gasteiger partial charge in [-0.25, -0.2) is 6.57 Å². The third-order valence-electron chi connectivity index (χ3n) is 3.19. The summed E-state index contributed by atoms with van der Waals surface area (Å²) in [5.41, 5.74) is 0. The Morgan fingerprint density at radius 1 is 1.17 bits per heavy atom. The van der Waals surface area contributed by atoms with Crippen molar-refractivity contribution in [3.05, 3.63) is 11.4 Å². The zero-order chi connectivity index (χ0) is 8.81. The van der Waals surface area contributed by atoms with Gasteiger partial charge in [0, 0.05) is 6.42 Å². The molecule has 0 unspecified atom stereocenters. The molecule has 0 N–H and O–H groups in total. The summed E-state index contributed by atoms with van der Waals surface area (Å²) in [6.45, 7) is 9.77. The molecule has 0 amide bonds. The van der Waals surface area contributed by atoms with E-state index >= 15 is 0 Å². The molecule has 0 aliphatic heterocycles. The highest BCUT2D eigenvalue weighted by molar-refractivity contribution is 4.74. The van der Waals surface area contributed by atoms with Gasteiger partial charge in [-0.1, -0.05) is 26.2 Å². The minimum absolute atomic E-state index is 0.751. The number of hydrogen-bond acceptors (Lipinski definition) is 0. The highest BCUT2D eigenvalue weighted by Crippen LogP contribution is 2.32. The molecular formula is C11H19N. The lowest BCUT2D eigenvalue weighted by Gasteiger charge is -2.26. The van der Waals surface area contributed by atoms with E-state index in [2.05, 4.69) is 11.8 Å². The van der Waals surface area contributed by atoms with Crippen LogP contribution in [0.1, 0.15) is 45.4 Å². The lowest BCUT2D eigenvalue weighted by Crippen LogP contribution is -2.14. The Morgan fingerprint density at radius 3 is 2.25 bits per heavy atom. The van der Waals surface area contributed by atoms with Crippen molar-refractivity contribution in [1.29, 1.82) is 0 Å². The minimum atomic E-state index is 0.751. The van der Waals surface area contributed by atoms with Gasteiger partial charge in [0.05, 0.1) is 0 Å². The quantitative estimate of drug-likeness (QED) is 0.564. The van der Waals surface area contributed by atoms with Gasteiger partial charge in [0.1, 0.15) is 0 Å². The second-order valence-electron chi connectivity index (χ2n) is 3.97. The van der Waals surface area contributed by atoms with E-state index in [1.165, 1.54) is 32.1 Å². The highest BCUT2D eigenvalue weighted by Gasteiger charge is 2.19. The molecule has 0 aromatic carbocycles. The van der Waals surface area contributed by atoms with Crippen molar-refractivity contribution in [3.63, 3.8) is 0 Å². The zero-order valence-electron chi connectivity index (χ0n) is 8.05. The van der Waals surface area contributed by atoms with E-state index < -0.39 is 0 Å². The maximum absolute atomic E-state index is 6.72. The second-order valence-corrected chi connectivity index (χ2v) is 3.97. The zero-order valence-corrected chi connectivity index (χ0v) is 8.05. The van der Waals surface area contributed by atoms with Gasteiger partial charge in [-0.15, -0.1) is 0 Å². The van der Waals surface area contributed by atoms with Gasteiger partial charge in [-0.05, 0) is 24.7 Å². The average Bonchev–Trinajstić information content (AvgIpc) is 2.15. The second kappa shape index (κ2) is 5.19. The van der Waals surface area contributed by atoms with E-state index in [-0.39, 0.29) is 0 Å². The third-order valence-corrected chi connectivity index (χ3v) is 3.19. The van der Waals surface area contributed by atoms with Crippen molar-refractivity contribution in [2.24, 2.45) is 11.8 Å². The van der Waals surface area contributed by atoms with Crippen molar-refractivity contribution in [2.45, 2.75) is 45.4 Å². The maximum atomic E-state index is 6.72. The lowest BCUT2D eigenvalue weighted by molar-refractivity contribution is 0.263. The fourth-order valence-electron chi connectivity index (χ4n) is 2.18. The SMILES string of the molecule is [C-]#[N+]CCC1CCC(CC)CC1. The Labute approximate surface area is 76.0 Å². The summed E-state index contributed by atoms with van der Waals surface area (Å²) in [5.74, 6) is 1.87. The van der Waals surface area contributed by atoms with Crippen molar-refractivity contribution in [1.82, 2.24) is 0 Å². The largest absolute Gasteiger partial charge is 0.317 e. The van der Waals surface area contributed by atoms with E-state index in [0.29, 0.717) is 0 Å². The lowest BCUT2D eigenvalue weighted by atomic mass is 9.79. The Hall–Kier alpha value is -0.510. The summed E-state index contributed by atoms with van der Waals surface area (Å²) in [4.78, 5) is 3.42. The summed E-state index contributed by atoms with van der Waals surface area (Å²) in [7, 11) is 0. The molecule has 0 atom stereocenters. The third kappa shape index (κ3) is 2.85. The van der Waals surface area contributed by atoms with Crippen molar-refractivity contribution in [2.75, 3.05) is 6.54 Å². The maximum Gasteiger partial charge on any atom is 0.214 e. The molecule has 0 saturated heterocycles. The van der Waals surface area contributed by atoms with Crippen LogP contribution in [0, 0.1) is 18.4 Å². The van der Waals surface area contributed by atoms with Gasteiger partial charge in [-0.3, -0.25) is 0 Å². The van der Waals surface area contributed by atoms with Gasteiger partial charge < -0.3 is 4.85 Å². The van der Waals surface area contributed by atoms with Gasteiger partial charge in [0.25, 0.3) is 0 Å². The van der Waals surface area contributed by atoms with Crippen LogP contribution in [0.15, 0.2) is 0 Å². The van der Waals surface area contributed by atoms with Gasteiger partial charge in [0.15, 0.2) is 0 Å². The van der Waals surface area contributed by atoms with E-state index in [0.717, 1.165) is 24.8 Å². The van der Waals surface area contributed by atoms with Gasteiger partial charge in [-0.2, -0.15) is 0 Å². The molecule has 0 spiro atoms. The Morgan fingerprint density at radius 2 is 1.75 bits per heavy atom. The molecule has 12 heavy (non-hydrogen) atoms. The smallest absolute Gasteiger partial charge is 0.214 e. The topological polar surface area (TPSA) is 4.36 Å². The molecule has 68 valence electrons. The molecule has 1 aliphatic rings. The van der Waals surface area contributed by atoms with E-state index in [9.17, 15) is 0 Å². The van der Waals surface area contributed by atoms with Crippen LogP contribution in [-0.4, -0.2) is 6.54 Å². The van der Waals surface area contributed by atoms with Crippen LogP contribution in [0.3, 0.4) is 0 Å². The fourth-order valence-corrected chi connectivity index (χ4v) is 2.18. The van der Waals surface area contributed by atoms with Crippen LogP contribution in [0.2, 0.25) is 0 Å². The predicted octanol–water partition coefficient (Wildman–Crippen LogP) is 3.51. The van der Waals surface area contributed by atoms with E-state index in [1.807, 2.05) is 0 Å². The molecule has 0 heterocycles. The van der Waals surface area contributed by atoms with Crippen LogP contribution in [0.25, 0.3) is 4.85 Å². The Bertz CT molecular complexity index is 149. The number of hydrogen-bond donors (Lipinski definition) is 0. The average molecular weight is 165 g/mol. The summed E-state index contributed by atoms with van der Waals surface area (Å²) in [5, 5.41) is 0. The first kappa shape index (κ1) is 9.58. The highest BCUT2D eigenvalue weighted by atomic mass is 14.6. The van der Waals surface area contributed by atoms with Crippen molar-refractivity contribution in [3.8, 4) is 0 Å². The fraction of sp³-hybridized carbons (Fsp3) is 0.909. The number of rotatable bonds is 3. The number of nitrogens with zero attached hydrogens (tertiary/aromatic N) is 1. The first-order valence-corrected chi connectivity index (χ1v) is 5.20.